The van der Waals surface area contributed by atoms with E-state index in [9.17, 15) is 14.4 Å². The number of amides is 3. The summed E-state index contributed by atoms with van der Waals surface area (Å²) in [6, 6.07) is 40.1. The van der Waals surface area contributed by atoms with Crippen LogP contribution < -0.4 is 16.0 Å². The lowest BCUT2D eigenvalue weighted by Gasteiger charge is -2.18. The van der Waals surface area contributed by atoms with E-state index in [0.29, 0.717) is 21.8 Å². The van der Waals surface area contributed by atoms with Crippen molar-refractivity contribution in [2.45, 2.75) is 17.1 Å². The number of hydrogen-bond donors (Lipinski definition) is 3. The van der Waals surface area contributed by atoms with Crippen molar-refractivity contribution in [3.05, 3.63) is 166 Å². The molecule has 0 aromatic heterocycles. The summed E-state index contributed by atoms with van der Waals surface area (Å²) in [6.45, 7) is 1.97. The predicted octanol–water partition coefficient (Wildman–Crippen LogP) is 8.53. The lowest BCUT2D eigenvalue weighted by Crippen LogP contribution is -2.30. The van der Waals surface area contributed by atoms with Crippen LogP contribution >= 0.6 is 23.4 Å². The molecule has 1 unspecified atom stereocenters. The minimum atomic E-state index is -0.557. The van der Waals surface area contributed by atoms with E-state index in [1.807, 2.05) is 73.7 Å². The quantitative estimate of drug-likeness (QED) is 0.106. The molecule has 0 spiro atoms. The standard InChI is InChI=1S/C37H30ClN3O3S/c1-25-12-10-18-29(22-25)40-37(44)34(26-13-4-2-5-14-26)45-31-20-11-19-30(24-31)39-36(43)33(23-28-17-8-9-21-32(28)38)41-35(42)27-15-6-3-7-16-27/h2-24,34H,1H3,(H,39,43)(H,40,44)(H,41,42)/b33-23+. The topological polar surface area (TPSA) is 87.3 Å². The van der Waals surface area contributed by atoms with Gasteiger partial charge in [0.05, 0.1) is 0 Å². The Labute approximate surface area is 271 Å². The van der Waals surface area contributed by atoms with Crippen LogP contribution in [0.4, 0.5) is 11.4 Å². The highest BCUT2D eigenvalue weighted by atomic mass is 35.5. The van der Waals surface area contributed by atoms with E-state index in [-0.39, 0.29) is 11.6 Å². The fourth-order valence-electron chi connectivity index (χ4n) is 4.50. The number of nitrogens with one attached hydrogen (secondary N) is 3. The van der Waals surface area contributed by atoms with Crippen molar-refractivity contribution in [3.8, 4) is 0 Å². The third kappa shape index (κ3) is 8.72. The van der Waals surface area contributed by atoms with Crippen LogP contribution in [0.1, 0.15) is 32.3 Å². The minimum Gasteiger partial charge on any atom is -0.325 e. The molecular weight excluding hydrogens is 602 g/mol. The lowest BCUT2D eigenvalue weighted by molar-refractivity contribution is -0.116. The van der Waals surface area contributed by atoms with E-state index < -0.39 is 17.1 Å². The second kappa shape index (κ2) is 15.1. The second-order valence-electron chi connectivity index (χ2n) is 10.1. The van der Waals surface area contributed by atoms with Gasteiger partial charge in [0.1, 0.15) is 10.9 Å². The number of carbonyl (C=O) groups is 3. The van der Waals surface area contributed by atoms with Crippen LogP contribution in [0.2, 0.25) is 5.02 Å². The van der Waals surface area contributed by atoms with E-state index in [4.69, 9.17) is 11.6 Å². The molecule has 5 aromatic rings. The maximum atomic E-state index is 13.6. The first kappa shape index (κ1) is 31.3. The van der Waals surface area contributed by atoms with Crippen LogP contribution in [-0.4, -0.2) is 17.7 Å². The van der Waals surface area contributed by atoms with Crippen molar-refractivity contribution in [2.75, 3.05) is 10.6 Å². The normalized spacial score (nSPS) is 11.7. The molecule has 3 N–H and O–H groups in total. The molecule has 224 valence electrons. The van der Waals surface area contributed by atoms with Gasteiger partial charge in [-0.2, -0.15) is 0 Å². The smallest absolute Gasteiger partial charge is 0.272 e. The first-order valence-electron chi connectivity index (χ1n) is 14.2. The highest BCUT2D eigenvalue weighted by Gasteiger charge is 2.23. The zero-order chi connectivity index (χ0) is 31.6. The summed E-state index contributed by atoms with van der Waals surface area (Å²) < 4.78 is 0. The zero-order valence-corrected chi connectivity index (χ0v) is 25.9. The summed E-state index contributed by atoms with van der Waals surface area (Å²) in [5, 5.41) is 8.54. The van der Waals surface area contributed by atoms with E-state index in [1.165, 1.54) is 17.8 Å². The van der Waals surface area contributed by atoms with Gasteiger partial charge >= 0.3 is 0 Å². The number of anilines is 2. The Balaban J connectivity index is 1.38. The molecule has 8 heteroatoms. The Hall–Kier alpha value is -5.11. The minimum absolute atomic E-state index is 0.0229. The lowest BCUT2D eigenvalue weighted by atomic mass is 10.1. The SMILES string of the molecule is Cc1cccc(NC(=O)C(Sc2cccc(NC(=O)/C(=C\c3ccccc3Cl)NC(=O)c3ccccc3)c2)c2ccccc2)c1. The molecule has 0 aliphatic carbocycles. The number of halogens is 1. The molecular formula is C37H30ClN3O3S. The molecule has 3 amide bonds. The van der Waals surface area contributed by atoms with Gasteiger partial charge < -0.3 is 16.0 Å². The first-order valence-corrected chi connectivity index (χ1v) is 15.4. The third-order valence-electron chi connectivity index (χ3n) is 6.71. The van der Waals surface area contributed by atoms with Gasteiger partial charge in [-0.1, -0.05) is 96.5 Å². The fourth-order valence-corrected chi connectivity index (χ4v) is 5.78. The Morgan fingerprint density at radius 3 is 2.07 bits per heavy atom. The van der Waals surface area contributed by atoms with Crippen molar-refractivity contribution >= 4 is 58.5 Å². The van der Waals surface area contributed by atoms with Gasteiger partial charge in [-0.15, -0.1) is 11.8 Å². The van der Waals surface area contributed by atoms with Crippen molar-refractivity contribution in [1.82, 2.24) is 5.32 Å². The number of carbonyl (C=O) groups excluding carboxylic acids is 3. The Morgan fingerprint density at radius 2 is 1.36 bits per heavy atom. The van der Waals surface area contributed by atoms with E-state index in [2.05, 4.69) is 16.0 Å². The van der Waals surface area contributed by atoms with Gasteiger partial charge in [-0.25, -0.2) is 0 Å². The van der Waals surface area contributed by atoms with Gasteiger partial charge in [-0.05, 0) is 78.2 Å². The van der Waals surface area contributed by atoms with Crippen molar-refractivity contribution in [1.29, 1.82) is 0 Å². The summed E-state index contributed by atoms with van der Waals surface area (Å²) in [5.41, 5.74) is 4.11. The average molecular weight is 632 g/mol. The number of rotatable bonds is 10. The fraction of sp³-hybridized carbons (Fsp3) is 0.0541. The molecule has 1 atom stereocenters. The van der Waals surface area contributed by atoms with Crippen molar-refractivity contribution < 1.29 is 14.4 Å². The summed E-state index contributed by atoms with van der Waals surface area (Å²) in [7, 11) is 0. The largest absolute Gasteiger partial charge is 0.325 e. The first-order chi connectivity index (χ1) is 21.9. The average Bonchev–Trinajstić information content (AvgIpc) is 3.05. The zero-order valence-electron chi connectivity index (χ0n) is 24.4. The predicted molar refractivity (Wildman–Crippen MR) is 183 cm³/mol. The Bertz CT molecular complexity index is 1840. The summed E-state index contributed by atoms with van der Waals surface area (Å²) in [5.74, 6) is -1.13. The van der Waals surface area contributed by atoms with Gasteiger partial charge in [0.15, 0.2) is 0 Å². The van der Waals surface area contributed by atoms with Crippen LogP contribution in [0.3, 0.4) is 0 Å². The number of thioether (sulfide) groups is 1. The van der Waals surface area contributed by atoms with Gasteiger partial charge in [0.25, 0.3) is 11.8 Å². The molecule has 0 aliphatic rings. The van der Waals surface area contributed by atoms with Crippen LogP contribution in [0.5, 0.6) is 0 Å². The van der Waals surface area contributed by atoms with E-state index in [0.717, 1.165) is 21.7 Å². The van der Waals surface area contributed by atoms with Crippen LogP contribution in [0, 0.1) is 6.92 Å². The molecule has 0 heterocycles. The van der Waals surface area contributed by atoms with Crippen LogP contribution in [-0.2, 0) is 9.59 Å². The van der Waals surface area contributed by atoms with Crippen molar-refractivity contribution in [3.63, 3.8) is 0 Å². The number of hydrogen-bond acceptors (Lipinski definition) is 4. The molecule has 0 aliphatic heterocycles. The van der Waals surface area contributed by atoms with Crippen molar-refractivity contribution in [2.24, 2.45) is 0 Å². The maximum absolute atomic E-state index is 13.6. The molecule has 0 radical (unpaired) electrons. The Kier molecular flexibility index (Phi) is 10.5. The molecule has 0 bridgehead atoms. The third-order valence-corrected chi connectivity index (χ3v) is 8.30. The van der Waals surface area contributed by atoms with E-state index in [1.54, 1.807) is 66.7 Å². The molecule has 0 saturated heterocycles. The number of aryl methyl sites for hydroxylation is 1. The Morgan fingerprint density at radius 1 is 0.711 bits per heavy atom. The highest BCUT2D eigenvalue weighted by Crippen LogP contribution is 2.37. The molecule has 0 saturated carbocycles. The van der Waals surface area contributed by atoms with Crippen LogP contribution in [0.15, 0.2) is 144 Å². The second-order valence-corrected chi connectivity index (χ2v) is 11.7. The van der Waals surface area contributed by atoms with Crippen LogP contribution in [0.25, 0.3) is 6.08 Å². The molecule has 0 fully saturated rings. The van der Waals surface area contributed by atoms with E-state index >= 15 is 0 Å². The molecule has 5 aromatic carbocycles. The monoisotopic (exact) mass is 631 g/mol. The maximum Gasteiger partial charge on any atom is 0.272 e. The summed E-state index contributed by atoms with van der Waals surface area (Å²) in [6.07, 6.45) is 1.54. The summed E-state index contributed by atoms with van der Waals surface area (Å²) in [4.78, 5) is 40.9. The molecule has 5 rings (SSSR count). The number of benzene rings is 5. The molecule has 45 heavy (non-hydrogen) atoms. The van der Waals surface area contributed by atoms with Gasteiger partial charge in [-0.3, -0.25) is 14.4 Å². The van der Waals surface area contributed by atoms with Gasteiger partial charge in [0.2, 0.25) is 5.91 Å². The molecule has 6 nitrogen and oxygen atoms in total. The van der Waals surface area contributed by atoms with Gasteiger partial charge in [0, 0.05) is 26.9 Å². The highest BCUT2D eigenvalue weighted by molar-refractivity contribution is 8.00. The summed E-state index contributed by atoms with van der Waals surface area (Å²) >= 11 is 7.74.